The predicted molar refractivity (Wildman–Crippen MR) is 57.0 cm³/mol. The summed E-state index contributed by atoms with van der Waals surface area (Å²) in [6.45, 7) is 0. The quantitative estimate of drug-likeness (QED) is 0.810. The van der Waals surface area contributed by atoms with E-state index in [1.54, 1.807) is 0 Å². The zero-order chi connectivity index (χ0) is 10.6. The predicted octanol–water partition coefficient (Wildman–Crippen LogP) is 2.77. The Balaban J connectivity index is 2.80. The minimum atomic E-state index is -0.818. The Labute approximate surface area is 90.3 Å². The summed E-state index contributed by atoms with van der Waals surface area (Å²) in [6.07, 6.45) is 0. The summed E-state index contributed by atoms with van der Waals surface area (Å²) in [5.41, 5.74) is -0.0850. The summed E-state index contributed by atoms with van der Waals surface area (Å²) in [7, 11) is 0. The van der Waals surface area contributed by atoms with Crippen LogP contribution in [0, 0.1) is 11.6 Å². The molecule has 0 aromatic heterocycles. The molecule has 0 fully saturated rings. The number of carbonyl (C=O) groups is 1. The molecule has 76 valence electrons. The highest BCUT2D eigenvalue weighted by atomic mass is 32.2. The smallest absolute Gasteiger partial charge is 0.222 e. The maximum absolute atomic E-state index is 13.0. The number of thiol groups is 1. The van der Waals surface area contributed by atoms with Crippen LogP contribution in [0.2, 0.25) is 0 Å². The van der Waals surface area contributed by atoms with Gasteiger partial charge >= 0.3 is 0 Å². The molecule has 0 atom stereocenters. The van der Waals surface area contributed by atoms with Gasteiger partial charge in [-0.25, -0.2) is 8.78 Å². The lowest BCUT2D eigenvalue weighted by molar-refractivity contribution is 0.108. The van der Waals surface area contributed by atoms with E-state index < -0.39 is 16.7 Å². The molecule has 0 aliphatic carbocycles. The molecular formula is C9H8F2OS2. The lowest BCUT2D eigenvalue weighted by atomic mass is 10.2. The monoisotopic (exact) mass is 234 g/mol. The van der Waals surface area contributed by atoms with E-state index in [-0.39, 0.29) is 5.56 Å². The first kappa shape index (κ1) is 11.5. The minimum Gasteiger partial charge on any atom is -0.281 e. The zero-order valence-corrected chi connectivity index (χ0v) is 8.88. The first-order valence-electron chi connectivity index (χ1n) is 3.88. The van der Waals surface area contributed by atoms with Gasteiger partial charge in [0, 0.05) is 11.8 Å². The average Bonchev–Trinajstić information content (AvgIpc) is 2.14. The Morgan fingerprint density at radius 2 is 2.14 bits per heavy atom. The molecule has 1 rings (SSSR count). The summed E-state index contributed by atoms with van der Waals surface area (Å²) in [4.78, 5) is 11.3. The van der Waals surface area contributed by atoms with Crippen LogP contribution in [0.3, 0.4) is 0 Å². The van der Waals surface area contributed by atoms with Crippen LogP contribution in [-0.4, -0.2) is 16.6 Å². The van der Waals surface area contributed by atoms with E-state index in [4.69, 9.17) is 0 Å². The highest BCUT2D eigenvalue weighted by molar-refractivity contribution is 8.14. The molecule has 0 bridgehead atoms. The molecule has 0 saturated carbocycles. The molecule has 1 nitrogen and oxygen atoms in total. The number of halogens is 2. The average molecular weight is 234 g/mol. The SMILES string of the molecule is O=C(SCCS)c1ccc(F)cc1F. The van der Waals surface area contributed by atoms with Crippen molar-refractivity contribution < 1.29 is 13.6 Å². The van der Waals surface area contributed by atoms with Gasteiger partial charge in [0.2, 0.25) is 5.12 Å². The van der Waals surface area contributed by atoms with Gasteiger partial charge in [-0.1, -0.05) is 11.8 Å². The molecule has 0 amide bonds. The third-order valence-electron chi connectivity index (χ3n) is 1.48. The van der Waals surface area contributed by atoms with E-state index in [2.05, 4.69) is 12.6 Å². The third kappa shape index (κ3) is 2.99. The lowest BCUT2D eigenvalue weighted by Crippen LogP contribution is -1.99. The Kier molecular flexibility index (Phi) is 4.41. The summed E-state index contributed by atoms with van der Waals surface area (Å²) >= 11 is 4.89. The van der Waals surface area contributed by atoms with E-state index in [0.29, 0.717) is 17.6 Å². The second-order valence-electron chi connectivity index (χ2n) is 2.48. The Bertz CT molecular complexity index is 342. The number of rotatable bonds is 3. The van der Waals surface area contributed by atoms with E-state index in [1.807, 2.05) is 0 Å². The molecule has 0 unspecified atom stereocenters. The van der Waals surface area contributed by atoms with E-state index in [1.165, 1.54) is 0 Å². The molecule has 0 saturated heterocycles. The largest absolute Gasteiger partial charge is 0.281 e. The minimum absolute atomic E-state index is 0.0850. The number of thioether (sulfide) groups is 1. The van der Waals surface area contributed by atoms with Gasteiger partial charge in [-0.3, -0.25) is 4.79 Å². The Morgan fingerprint density at radius 3 is 2.71 bits per heavy atom. The van der Waals surface area contributed by atoms with Crippen LogP contribution < -0.4 is 0 Å². The molecule has 14 heavy (non-hydrogen) atoms. The number of benzene rings is 1. The highest BCUT2D eigenvalue weighted by Gasteiger charge is 2.12. The van der Waals surface area contributed by atoms with Crippen molar-refractivity contribution in [1.82, 2.24) is 0 Å². The van der Waals surface area contributed by atoms with E-state index in [9.17, 15) is 13.6 Å². The Hall–Kier alpha value is -0.550. The van der Waals surface area contributed by atoms with Crippen molar-refractivity contribution in [3.63, 3.8) is 0 Å². The van der Waals surface area contributed by atoms with Crippen LogP contribution in [0.15, 0.2) is 18.2 Å². The van der Waals surface area contributed by atoms with Crippen LogP contribution in [0.4, 0.5) is 8.78 Å². The van der Waals surface area contributed by atoms with Crippen molar-refractivity contribution in [3.8, 4) is 0 Å². The second-order valence-corrected chi connectivity index (χ2v) is 4.00. The summed E-state index contributed by atoms with van der Waals surface area (Å²) in [6, 6.07) is 2.92. The van der Waals surface area contributed by atoms with Crippen molar-refractivity contribution in [2.45, 2.75) is 0 Å². The van der Waals surface area contributed by atoms with E-state index in [0.717, 1.165) is 23.9 Å². The first-order chi connectivity index (χ1) is 6.65. The standard InChI is InChI=1S/C9H8F2OS2/c10-6-1-2-7(8(11)5-6)9(12)14-4-3-13/h1-2,5,13H,3-4H2. The molecule has 0 aliphatic rings. The first-order valence-corrected chi connectivity index (χ1v) is 5.50. The van der Waals surface area contributed by atoms with Gasteiger partial charge in [0.1, 0.15) is 11.6 Å². The fourth-order valence-electron chi connectivity index (χ4n) is 0.871. The highest BCUT2D eigenvalue weighted by Crippen LogP contribution is 2.16. The maximum atomic E-state index is 13.0. The van der Waals surface area contributed by atoms with Gasteiger partial charge in [0.05, 0.1) is 5.56 Å². The molecule has 0 N–H and O–H groups in total. The van der Waals surface area contributed by atoms with E-state index >= 15 is 0 Å². The molecule has 0 aliphatic heterocycles. The summed E-state index contributed by atoms with van der Waals surface area (Å²) in [5, 5.41) is -0.392. The molecule has 1 aromatic rings. The third-order valence-corrected chi connectivity index (χ3v) is 2.89. The number of carbonyl (C=O) groups excluding carboxylic acids is 1. The van der Waals surface area contributed by atoms with Crippen molar-refractivity contribution >= 4 is 29.5 Å². The van der Waals surface area contributed by atoms with Crippen molar-refractivity contribution in [2.24, 2.45) is 0 Å². The number of hydrogen-bond donors (Lipinski definition) is 1. The van der Waals surface area contributed by atoms with Gasteiger partial charge in [0.25, 0.3) is 0 Å². The zero-order valence-electron chi connectivity index (χ0n) is 7.17. The summed E-state index contributed by atoms with van der Waals surface area (Å²) in [5.74, 6) is -0.447. The van der Waals surface area contributed by atoms with Gasteiger partial charge in [-0.2, -0.15) is 12.6 Å². The van der Waals surface area contributed by atoms with Crippen molar-refractivity contribution in [3.05, 3.63) is 35.4 Å². The molecule has 1 aromatic carbocycles. The fourth-order valence-corrected chi connectivity index (χ4v) is 1.74. The molecule has 5 heteroatoms. The van der Waals surface area contributed by atoms with Gasteiger partial charge < -0.3 is 0 Å². The van der Waals surface area contributed by atoms with Crippen molar-refractivity contribution in [1.29, 1.82) is 0 Å². The Morgan fingerprint density at radius 1 is 1.43 bits per heavy atom. The number of hydrogen-bond acceptors (Lipinski definition) is 3. The molecule has 0 spiro atoms. The topological polar surface area (TPSA) is 17.1 Å². The normalized spacial score (nSPS) is 10.2. The van der Waals surface area contributed by atoms with Crippen LogP contribution >= 0.6 is 24.4 Å². The van der Waals surface area contributed by atoms with Gasteiger partial charge in [0.15, 0.2) is 0 Å². The molecule has 0 radical (unpaired) electrons. The van der Waals surface area contributed by atoms with Crippen LogP contribution in [0.1, 0.15) is 10.4 Å². The molecule has 0 heterocycles. The van der Waals surface area contributed by atoms with Crippen LogP contribution in [0.25, 0.3) is 0 Å². The summed E-state index contributed by atoms with van der Waals surface area (Å²) < 4.78 is 25.5. The van der Waals surface area contributed by atoms with Gasteiger partial charge in [-0.05, 0) is 17.9 Å². The van der Waals surface area contributed by atoms with Crippen LogP contribution in [0.5, 0.6) is 0 Å². The van der Waals surface area contributed by atoms with Crippen LogP contribution in [-0.2, 0) is 0 Å². The fraction of sp³-hybridized carbons (Fsp3) is 0.222. The lowest BCUT2D eigenvalue weighted by Gasteiger charge is -2.00. The maximum Gasteiger partial charge on any atom is 0.222 e. The second kappa shape index (κ2) is 5.36. The molecular weight excluding hydrogens is 226 g/mol. The van der Waals surface area contributed by atoms with Gasteiger partial charge in [-0.15, -0.1) is 0 Å². The van der Waals surface area contributed by atoms with Crippen molar-refractivity contribution in [2.75, 3.05) is 11.5 Å².